The van der Waals surface area contributed by atoms with Crippen LogP contribution in [0, 0.1) is 0 Å². The van der Waals surface area contributed by atoms with Gasteiger partial charge in [-0.3, -0.25) is 4.79 Å². The van der Waals surface area contributed by atoms with Gasteiger partial charge in [0.1, 0.15) is 0 Å². The van der Waals surface area contributed by atoms with Crippen LogP contribution in [0.1, 0.15) is 18.4 Å². The third kappa shape index (κ3) is 3.35. The zero-order chi connectivity index (χ0) is 11.2. The van der Waals surface area contributed by atoms with Crippen LogP contribution in [-0.4, -0.2) is 25.2 Å². The summed E-state index contributed by atoms with van der Waals surface area (Å²) >= 11 is 0. The molecular formula is C13H17NO2. The number of ether oxygens (including phenoxy) is 1. The summed E-state index contributed by atoms with van der Waals surface area (Å²) in [6, 6.07) is 10.5. The molecule has 1 N–H and O–H groups in total. The van der Waals surface area contributed by atoms with Crippen LogP contribution in [0.5, 0.6) is 0 Å². The zero-order valence-corrected chi connectivity index (χ0v) is 9.32. The Morgan fingerprint density at radius 3 is 2.69 bits per heavy atom. The van der Waals surface area contributed by atoms with E-state index in [1.54, 1.807) is 0 Å². The van der Waals surface area contributed by atoms with Gasteiger partial charge in [0, 0.05) is 6.42 Å². The molecule has 0 saturated carbocycles. The Labute approximate surface area is 95.8 Å². The van der Waals surface area contributed by atoms with E-state index < -0.39 is 0 Å². The van der Waals surface area contributed by atoms with Gasteiger partial charge in [0.15, 0.2) is 0 Å². The van der Waals surface area contributed by atoms with Crippen molar-refractivity contribution >= 4 is 5.91 Å². The number of hydrogen-bond donors (Lipinski definition) is 1. The van der Waals surface area contributed by atoms with Crippen LogP contribution < -0.4 is 5.32 Å². The average Bonchev–Trinajstić information content (AvgIpc) is 2.25. The number of carbonyl (C=O) groups excluding carboxylic acids is 1. The van der Waals surface area contributed by atoms with Gasteiger partial charge < -0.3 is 10.1 Å². The quantitative estimate of drug-likeness (QED) is 0.815. The van der Waals surface area contributed by atoms with Gasteiger partial charge in [0.2, 0.25) is 5.91 Å². The van der Waals surface area contributed by atoms with E-state index in [0.29, 0.717) is 19.6 Å². The summed E-state index contributed by atoms with van der Waals surface area (Å²) in [4.78, 5) is 11.5. The number of carbonyl (C=O) groups is 1. The molecule has 0 radical (unpaired) electrons. The largest absolute Gasteiger partial charge is 0.377 e. The van der Waals surface area contributed by atoms with Crippen LogP contribution in [-0.2, 0) is 16.0 Å². The summed E-state index contributed by atoms with van der Waals surface area (Å²) < 4.78 is 4.99. The maximum atomic E-state index is 11.5. The highest BCUT2D eigenvalue weighted by atomic mass is 16.5. The molecule has 1 aliphatic heterocycles. The molecule has 1 saturated heterocycles. The van der Waals surface area contributed by atoms with Crippen LogP contribution >= 0.6 is 0 Å². The van der Waals surface area contributed by atoms with Crippen molar-refractivity contribution in [1.29, 1.82) is 0 Å². The highest BCUT2D eigenvalue weighted by molar-refractivity contribution is 5.76. The van der Waals surface area contributed by atoms with Gasteiger partial charge >= 0.3 is 0 Å². The predicted octanol–water partition coefficient (Wildman–Crippen LogP) is 1.52. The number of hydrogen-bond acceptors (Lipinski definition) is 2. The number of amides is 1. The molecular weight excluding hydrogens is 202 g/mol. The lowest BCUT2D eigenvalue weighted by Crippen LogP contribution is -2.48. The second-order valence-electron chi connectivity index (χ2n) is 4.14. The van der Waals surface area contributed by atoms with Crippen LogP contribution in [0.3, 0.4) is 0 Å². The minimum absolute atomic E-state index is 0.143. The maximum absolute atomic E-state index is 11.5. The third-order valence-corrected chi connectivity index (χ3v) is 2.72. The highest BCUT2D eigenvalue weighted by Crippen LogP contribution is 2.05. The number of aryl methyl sites for hydroxylation is 1. The Hall–Kier alpha value is -1.35. The monoisotopic (exact) mass is 219 g/mol. The molecule has 1 amide bonds. The second kappa shape index (κ2) is 5.66. The minimum atomic E-state index is 0.143. The van der Waals surface area contributed by atoms with Crippen molar-refractivity contribution in [3.05, 3.63) is 35.9 Å². The highest BCUT2D eigenvalue weighted by Gasteiger charge is 2.19. The number of nitrogens with one attached hydrogen (secondary N) is 1. The molecule has 1 aromatic rings. The molecule has 16 heavy (non-hydrogen) atoms. The van der Waals surface area contributed by atoms with Gasteiger partial charge in [-0.1, -0.05) is 30.3 Å². The van der Waals surface area contributed by atoms with Crippen molar-refractivity contribution in [2.75, 3.05) is 13.2 Å². The van der Waals surface area contributed by atoms with E-state index in [0.717, 1.165) is 12.8 Å². The lowest BCUT2D eigenvalue weighted by atomic mass is 10.1. The van der Waals surface area contributed by atoms with E-state index in [-0.39, 0.29) is 11.9 Å². The summed E-state index contributed by atoms with van der Waals surface area (Å²) in [5.74, 6) is 0.143. The molecule has 0 aliphatic carbocycles. The smallest absolute Gasteiger partial charge is 0.220 e. The van der Waals surface area contributed by atoms with Crippen LogP contribution in [0.25, 0.3) is 0 Å². The summed E-state index contributed by atoms with van der Waals surface area (Å²) in [7, 11) is 0. The molecule has 1 aromatic carbocycles. The summed E-state index contributed by atoms with van der Waals surface area (Å²) in [5, 5.41) is 2.94. The molecule has 2 rings (SSSR count). The van der Waals surface area contributed by atoms with Crippen molar-refractivity contribution in [2.45, 2.75) is 25.3 Å². The molecule has 0 spiro atoms. The minimum Gasteiger partial charge on any atom is -0.377 e. The molecule has 1 aliphatic rings. The van der Waals surface area contributed by atoms with Gasteiger partial charge in [-0.05, 0) is 18.4 Å². The molecule has 0 aromatic heterocycles. The fourth-order valence-corrected chi connectivity index (χ4v) is 1.72. The number of rotatable bonds is 5. The van der Waals surface area contributed by atoms with Gasteiger partial charge in [-0.25, -0.2) is 0 Å². The SMILES string of the molecule is O=C(CCCc1ccccc1)NC1COC1. The topological polar surface area (TPSA) is 38.3 Å². The van der Waals surface area contributed by atoms with Crippen molar-refractivity contribution < 1.29 is 9.53 Å². The molecule has 1 heterocycles. The summed E-state index contributed by atoms with van der Waals surface area (Å²) in [6.07, 6.45) is 2.48. The molecule has 3 nitrogen and oxygen atoms in total. The van der Waals surface area contributed by atoms with Crippen LogP contribution in [0.15, 0.2) is 30.3 Å². The first-order valence-corrected chi connectivity index (χ1v) is 5.75. The van der Waals surface area contributed by atoms with E-state index in [1.165, 1.54) is 5.56 Å². The predicted molar refractivity (Wildman–Crippen MR) is 62.1 cm³/mol. The van der Waals surface area contributed by atoms with Gasteiger partial charge in [-0.2, -0.15) is 0 Å². The summed E-state index contributed by atoms with van der Waals surface area (Å²) in [6.45, 7) is 1.34. The number of benzene rings is 1. The third-order valence-electron chi connectivity index (χ3n) is 2.72. The molecule has 0 unspecified atom stereocenters. The van der Waals surface area contributed by atoms with Crippen molar-refractivity contribution in [1.82, 2.24) is 5.32 Å². The van der Waals surface area contributed by atoms with Crippen molar-refractivity contribution in [3.8, 4) is 0 Å². The molecule has 0 bridgehead atoms. The Morgan fingerprint density at radius 2 is 2.06 bits per heavy atom. The Kier molecular flexibility index (Phi) is 3.94. The first-order valence-electron chi connectivity index (χ1n) is 5.75. The normalized spacial score (nSPS) is 15.5. The molecule has 86 valence electrons. The van der Waals surface area contributed by atoms with E-state index in [4.69, 9.17) is 4.74 Å². The molecule has 0 atom stereocenters. The Bertz CT molecular complexity index is 333. The molecule has 1 fully saturated rings. The van der Waals surface area contributed by atoms with E-state index >= 15 is 0 Å². The van der Waals surface area contributed by atoms with Gasteiger partial charge in [-0.15, -0.1) is 0 Å². The van der Waals surface area contributed by atoms with E-state index in [2.05, 4.69) is 17.4 Å². The van der Waals surface area contributed by atoms with Gasteiger partial charge in [0.25, 0.3) is 0 Å². The van der Waals surface area contributed by atoms with E-state index in [1.807, 2.05) is 18.2 Å². The summed E-state index contributed by atoms with van der Waals surface area (Å²) in [5.41, 5.74) is 1.29. The molecule has 3 heteroatoms. The standard InChI is InChI=1S/C13H17NO2/c15-13(14-12-9-16-10-12)8-4-7-11-5-2-1-3-6-11/h1-3,5-6,12H,4,7-10H2,(H,14,15). The maximum Gasteiger partial charge on any atom is 0.220 e. The lowest BCUT2D eigenvalue weighted by Gasteiger charge is -2.26. The zero-order valence-electron chi connectivity index (χ0n) is 9.32. The first-order chi connectivity index (χ1) is 7.84. The second-order valence-corrected chi connectivity index (χ2v) is 4.14. The Morgan fingerprint density at radius 1 is 1.31 bits per heavy atom. The van der Waals surface area contributed by atoms with Crippen LogP contribution in [0.4, 0.5) is 0 Å². The van der Waals surface area contributed by atoms with E-state index in [9.17, 15) is 4.79 Å². The van der Waals surface area contributed by atoms with Gasteiger partial charge in [0.05, 0.1) is 19.3 Å². The average molecular weight is 219 g/mol. The van der Waals surface area contributed by atoms with Crippen molar-refractivity contribution in [2.24, 2.45) is 0 Å². The fraction of sp³-hybridized carbons (Fsp3) is 0.462. The lowest BCUT2D eigenvalue weighted by molar-refractivity contribution is -0.125. The van der Waals surface area contributed by atoms with Crippen LogP contribution in [0.2, 0.25) is 0 Å². The van der Waals surface area contributed by atoms with Crippen molar-refractivity contribution in [3.63, 3.8) is 0 Å². The fourth-order valence-electron chi connectivity index (χ4n) is 1.72. The Balaban J connectivity index is 1.62. The first kappa shape index (κ1) is 11.1.